The van der Waals surface area contributed by atoms with E-state index >= 15 is 0 Å². The maximum Gasteiger partial charge on any atom is 0.316 e. The van der Waals surface area contributed by atoms with Gasteiger partial charge in [0.25, 0.3) is 0 Å². The number of ether oxygens (including phenoxy) is 1. The summed E-state index contributed by atoms with van der Waals surface area (Å²) in [5.74, 6) is 0.611. The van der Waals surface area contributed by atoms with Gasteiger partial charge in [0, 0.05) is 21.6 Å². The first-order valence-corrected chi connectivity index (χ1v) is 9.16. The zero-order valence-electron chi connectivity index (χ0n) is 15.5. The minimum atomic E-state index is -0.426. The fourth-order valence-electron chi connectivity index (χ4n) is 3.19. The van der Waals surface area contributed by atoms with Crippen molar-refractivity contribution in [2.75, 3.05) is 12.4 Å². The minimum absolute atomic E-state index is 0.184. The SMILES string of the molecule is COc1cn(Cc2cccc(Cl)c2)c(Nc2cccc3[nH]c(C)cc23)nc1=O. The Balaban J connectivity index is 1.78. The predicted molar refractivity (Wildman–Crippen MR) is 112 cm³/mol. The number of rotatable bonds is 5. The molecular formula is C21H19ClN4O2. The van der Waals surface area contributed by atoms with Gasteiger partial charge >= 0.3 is 5.56 Å². The lowest BCUT2D eigenvalue weighted by atomic mass is 10.2. The van der Waals surface area contributed by atoms with Crippen molar-refractivity contribution in [2.45, 2.75) is 13.5 Å². The number of aromatic amines is 1. The van der Waals surface area contributed by atoms with Gasteiger partial charge in [-0.05, 0) is 42.8 Å². The number of nitrogens with one attached hydrogen (secondary N) is 2. The first-order chi connectivity index (χ1) is 13.5. The number of aryl methyl sites for hydroxylation is 1. The van der Waals surface area contributed by atoms with Crippen molar-refractivity contribution >= 4 is 34.1 Å². The summed E-state index contributed by atoms with van der Waals surface area (Å²) in [5, 5.41) is 4.98. The molecule has 0 bridgehead atoms. The Hall–Kier alpha value is -3.25. The lowest BCUT2D eigenvalue weighted by Crippen LogP contribution is -2.18. The third-order valence-electron chi connectivity index (χ3n) is 4.47. The van der Waals surface area contributed by atoms with Gasteiger partial charge in [0.1, 0.15) is 0 Å². The number of halogens is 1. The molecule has 2 heterocycles. The molecule has 6 nitrogen and oxygen atoms in total. The summed E-state index contributed by atoms with van der Waals surface area (Å²) in [6.45, 7) is 2.49. The number of H-pyrrole nitrogens is 1. The quantitative estimate of drug-likeness (QED) is 0.523. The van der Waals surface area contributed by atoms with E-state index in [1.807, 2.05) is 54.0 Å². The second-order valence-corrected chi connectivity index (χ2v) is 6.98. The van der Waals surface area contributed by atoms with Crippen LogP contribution in [0.2, 0.25) is 5.02 Å². The highest BCUT2D eigenvalue weighted by molar-refractivity contribution is 6.30. The molecule has 0 amide bonds. The highest BCUT2D eigenvalue weighted by Crippen LogP contribution is 2.27. The van der Waals surface area contributed by atoms with Gasteiger partial charge in [-0.2, -0.15) is 4.98 Å². The minimum Gasteiger partial charge on any atom is -0.490 e. The molecule has 0 saturated carbocycles. The zero-order valence-corrected chi connectivity index (χ0v) is 16.2. The van der Waals surface area contributed by atoms with Gasteiger partial charge in [-0.25, -0.2) is 0 Å². The molecule has 0 atom stereocenters. The van der Waals surface area contributed by atoms with E-state index in [2.05, 4.69) is 21.4 Å². The topological polar surface area (TPSA) is 71.9 Å². The average Bonchev–Trinajstić information content (AvgIpc) is 3.05. The number of benzene rings is 2. The number of methoxy groups -OCH3 is 1. The van der Waals surface area contributed by atoms with Crippen LogP contribution in [-0.4, -0.2) is 21.6 Å². The van der Waals surface area contributed by atoms with Crippen LogP contribution in [0.15, 0.2) is 59.5 Å². The van der Waals surface area contributed by atoms with Gasteiger partial charge < -0.3 is 19.6 Å². The molecule has 0 aliphatic rings. The van der Waals surface area contributed by atoms with Crippen molar-refractivity contribution in [1.82, 2.24) is 14.5 Å². The highest BCUT2D eigenvalue weighted by Gasteiger charge is 2.12. The van der Waals surface area contributed by atoms with Crippen LogP contribution in [0.3, 0.4) is 0 Å². The smallest absolute Gasteiger partial charge is 0.316 e. The molecule has 4 aromatic rings. The molecular weight excluding hydrogens is 376 g/mol. The van der Waals surface area contributed by atoms with E-state index in [0.717, 1.165) is 27.8 Å². The number of nitrogens with zero attached hydrogens (tertiary/aromatic N) is 2. The van der Waals surface area contributed by atoms with E-state index in [1.165, 1.54) is 7.11 Å². The van der Waals surface area contributed by atoms with Crippen LogP contribution in [-0.2, 0) is 6.54 Å². The molecule has 7 heteroatoms. The van der Waals surface area contributed by atoms with Crippen LogP contribution in [0, 0.1) is 6.92 Å². The van der Waals surface area contributed by atoms with E-state index in [4.69, 9.17) is 16.3 Å². The molecule has 0 saturated heterocycles. The maximum atomic E-state index is 12.3. The summed E-state index contributed by atoms with van der Waals surface area (Å²) in [5.41, 5.74) is 3.49. The number of hydrogen-bond acceptors (Lipinski definition) is 4. The third-order valence-corrected chi connectivity index (χ3v) is 4.71. The molecule has 2 aromatic carbocycles. The van der Waals surface area contributed by atoms with E-state index in [0.29, 0.717) is 17.5 Å². The summed E-state index contributed by atoms with van der Waals surface area (Å²) in [7, 11) is 1.46. The molecule has 0 unspecified atom stereocenters. The van der Waals surface area contributed by atoms with Crippen molar-refractivity contribution in [3.8, 4) is 5.75 Å². The summed E-state index contributed by atoms with van der Waals surface area (Å²) < 4.78 is 7.01. The van der Waals surface area contributed by atoms with Crippen LogP contribution in [0.1, 0.15) is 11.3 Å². The van der Waals surface area contributed by atoms with E-state index in [-0.39, 0.29) is 5.75 Å². The highest BCUT2D eigenvalue weighted by atomic mass is 35.5. The summed E-state index contributed by atoms with van der Waals surface area (Å²) in [6, 6.07) is 15.5. The Morgan fingerprint density at radius 2 is 2.04 bits per heavy atom. The monoisotopic (exact) mass is 394 g/mol. The lowest BCUT2D eigenvalue weighted by Gasteiger charge is -2.16. The van der Waals surface area contributed by atoms with Gasteiger partial charge in [-0.1, -0.05) is 29.8 Å². The Morgan fingerprint density at radius 3 is 2.82 bits per heavy atom. The molecule has 142 valence electrons. The number of hydrogen-bond donors (Lipinski definition) is 2. The van der Waals surface area contributed by atoms with Crippen LogP contribution in [0.4, 0.5) is 11.6 Å². The molecule has 2 N–H and O–H groups in total. The van der Waals surface area contributed by atoms with Crippen LogP contribution in [0.5, 0.6) is 5.75 Å². The van der Waals surface area contributed by atoms with Crippen LogP contribution >= 0.6 is 11.6 Å². The molecule has 0 aliphatic carbocycles. The number of aromatic nitrogens is 3. The Labute approximate surface area is 166 Å². The van der Waals surface area contributed by atoms with Crippen molar-refractivity contribution in [3.05, 3.63) is 81.4 Å². The maximum absolute atomic E-state index is 12.3. The van der Waals surface area contributed by atoms with Gasteiger partial charge in [0.05, 0.1) is 25.5 Å². The van der Waals surface area contributed by atoms with Crippen molar-refractivity contribution in [3.63, 3.8) is 0 Å². The standard InChI is InChI=1S/C21H19ClN4O2/c1-13-9-16-17(23-13)7-4-8-18(16)24-21-25-20(27)19(28-2)12-26(21)11-14-5-3-6-15(22)10-14/h3-10,12,23H,11H2,1-2H3,(H,24,25,27). The first kappa shape index (κ1) is 18.1. The zero-order chi connectivity index (χ0) is 19.7. The van der Waals surface area contributed by atoms with Crippen LogP contribution < -0.4 is 15.6 Å². The normalized spacial score (nSPS) is 11.0. The number of anilines is 2. The van der Waals surface area contributed by atoms with Crippen molar-refractivity contribution in [1.29, 1.82) is 0 Å². The van der Waals surface area contributed by atoms with E-state index in [9.17, 15) is 4.79 Å². The fourth-order valence-corrected chi connectivity index (χ4v) is 3.40. The molecule has 0 spiro atoms. The Morgan fingerprint density at radius 1 is 1.21 bits per heavy atom. The van der Waals surface area contributed by atoms with Gasteiger partial charge in [0.15, 0.2) is 0 Å². The predicted octanol–water partition coefficient (Wildman–Crippen LogP) is 4.49. The second kappa shape index (κ2) is 7.40. The Bertz CT molecular complexity index is 1210. The van der Waals surface area contributed by atoms with E-state index in [1.54, 1.807) is 6.20 Å². The average molecular weight is 395 g/mol. The van der Waals surface area contributed by atoms with E-state index < -0.39 is 5.56 Å². The third kappa shape index (κ3) is 3.59. The summed E-state index contributed by atoms with van der Waals surface area (Å²) in [4.78, 5) is 19.8. The summed E-state index contributed by atoms with van der Waals surface area (Å²) >= 11 is 6.11. The second-order valence-electron chi connectivity index (χ2n) is 6.54. The molecule has 0 radical (unpaired) electrons. The van der Waals surface area contributed by atoms with Crippen molar-refractivity contribution < 1.29 is 4.74 Å². The first-order valence-electron chi connectivity index (χ1n) is 8.79. The van der Waals surface area contributed by atoms with Crippen LogP contribution in [0.25, 0.3) is 10.9 Å². The van der Waals surface area contributed by atoms with Gasteiger partial charge in [0.2, 0.25) is 11.7 Å². The molecule has 28 heavy (non-hydrogen) atoms. The molecule has 4 rings (SSSR count). The molecule has 0 aliphatic heterocycles. The fraction of sp³-hybridized carbons (Fsp3) is 0.143. The molecule has 2 aromatic heterocycles. The van der Waals surface area contributed by atoms with Gasteiger partial charge in [-0.3, -0.25) is 4.79 Å². The summed E-state index contributed by atoms with van der Waals surface area (Å²) in [6.07, 6.45) is 1.65. The van der Waals surface area contributed by atoms with Gasteiger partial charge in [-0.15, -0.1) is 0 Å². The molecule has 0 fully saturated rings. The largest absolute Gasteiger partial charge is 0.490 e. The number of fused-ring (bicyclic) bond motifs is 1. The Kier molecular flexibility index (Phi) is 4.79. The van der Waals surface area contributed by atoms with Crippen molar-refractivity contribution in [2.24, 2.45) is 0 Å². The lowest BCUT2D eigenvalue weighted by molar-refractivity contribution is 0.402.